The van der Waals surface area contributed by atoms with Crippen LogP contribution in [-0.2, 0) is 6.54 Å². The molecular weight excluding hydrogens is 203 g/mol. The maximum absolute atomic E-state index is 13.3. The highest BCUT2D eigenvalue weighted by molar-refractivity contribution is 5.47. The Labute approximate surface area is 97.3 Å². The Bertz CT molecular complexity index is 320. The van der Waals surface area contributed by atoms with Crippen LogP contribution >= 0.6 is 0 Å². The van der Waals surface area contributed by atoms with Gasteiger partial charge in [0.2, 0.25) is 0 Å². The summed E-state index contributed by atoms with van der Waals surface area (Å²) < 4.78 is 13.3. The summed E-state index contributed by atoms with van der Waals surface area (Å²) in [6.45, 7) is 7.11. The van der Waals surface area contributed by atoms with E-state index in [2.05, 4.69) is 18.7 Å². The van der Waals surface area contributed by atoms with Crippen LogP contribution in [0.3, 0.4) is 0 Å². The van der Waals surface area contributed by atoms with Gasteiger partial charge in [0.15, 0.2) is 0 Å². The third kappa shape index (κ3) is 3.49. The van der Waals surface area contributed by atoms with Crippen LogP contribution < -0.4 is 5.73 Å². The Morgan fingerprint density at radius 3 is 2.38 bits per heavy atom. The number of para-hydroxylation sites is 1. The molecule has 0 heterocycles. The molecule has 0 aliphatic heterocycles. The molecule has 0 spiro atoms. The van der Waals surface area contributed by atoms with Gasteiger partial charge in [-0.2, -0.15) is 0 Å². The minimum atomic E-state index is -0.314. The van der Waals surface area contributed by atoms with Crippen molar-refractivity contribution in [1.29, 1.82) is 0 Å². The van der Waals surface area contributed by atoms with Gasteiger partial charge in [0.05, 0.1) is 5.69 Å². The Morgan fingerprint density at radius 2 is 1.81 bits per heavy atom. The molecule has 0 saturated heterocycles. The topological polar surface area (TPSA) is 29.3 Å². The molecule has 90 valence electrons. The average Bonchev–Trinajstić information content (AvgIpc) is 2.25. The number of nitrogens with zero attached hydrogens (tertiary/aromatic N) is 1. The Balaban J connectivity index is 2.72. The highest BCUT2D eigenvalue weighted by atomic mass is 19.1. The largest absolute Gasteiger partial charge is 0.396 e. The number of nitrogens with two attached hydrogens (primary N) is 1. The lowest BCUT2D eigenvalue weighted by molar-refractivity contribution is 0.266. The maximum Gasteiger partial charge on any atom is 0.146 e. The van der Waals surface area contributed by atoms with Gasteiger partial charge in [-0.15, -0.1) is 0 Å². The fourth-order valence-electron chi connectivity index (χ4n) is 1.86. The summed E-state index contributed by atoms with van der Waals surface area (Å²) in [6, 6.07) is 5.02. The lowest BCUT2D eigenvalue weighted by Crippen LogP contribution is -2.25. The second kappa shape index (κ2) is 6.48. The molecule has 3 heteroatoms. The third-order valence-corrected chi connectivity index (χ3v) is 2.62. The number of halogens is 1. The van der Waals surface area contributed by atoms with Gasteiger partial charge in [0, 0.05) is 6.54 Å². The van der Waals surface area contributed by atoms with Crippen molar-refractivity contribution in [3.05, 3.63) is 29.6 Å². The van der Waals surface area contributed by atoms with Crippen molar-refractivity contribution in [1.82, 2.24) is 4.90 Å². The molecule has 2 nitrogen and oxygen atoms in total. The number of hydrogen-bond donors (Lipinski definition) is 1. The van der Waals surface area contributed by atoms with Crippen molar-refractivity contribution in [2.75, 3.05) is 18.8 Å². The Hall–Kier alpha value is -1.09. The Kier molecular flexibility index (Phi) is 5.26. The second-order valence-corrected chi connectivity index (χ2v) is 4.09. The summed E-state index contributed by atoms with van der Waals surface area (Å²) in [6.07, 6.45) is 2.21. The summed E-state index contributed by atoms with van der Waals surface area (Å²) >= 11 is 0. The quantitative estimate of drug-likeness (QED) is 0.753. The van der Waals surface area contributed by atoms with E-state index < -0.39 is 0 Å². The molecule has 0 atom stereocenters. The number of nitrogen functional groups attached to an aromatic ring is 1. The Morgan fingerprint density at radius 1 is 1.19 bits per heavy atom. The zero-order chi connectivity index (χ0) is 12.0. The van der Waals surface area contributed by atoms with Gasteiger partial charge in [-0.05, 0) is 37.6 Å². The molecule has 1 aromatic rings. The summed E-state index contributed by atoms with van der Waals surface area (Å²) in [5.41, 5.74) is 6.90. The van der Waals surface area contributed by atoms with E-state index in [1.165, 1.54) is 6.07 Å². The first-order valence-corrected chi connectivity index (χ1v) is 5.94. The van der Waals surface area contributed by atoms with Crippen LogP contribution in [0.15, 0.2) is 18.2 Å². The molecule has 0 aliphatic rings. The molecule has 0 aromatic heterocycles. The standard InChI is InChI=1S/C13H21FN2/c1-3-8-16(9-4-2)10-11-6-5-7-12(14)13(11)15/h5-7H,3-4,8-10,15H2,1-2H3. The minimum absolute atomic E-state index is 0.291. The van der Waals surface area contributed by atoms with Gasteiger partial charge >= 0.3 is 0 Å². The van der Waals surface area contributed by atoms with Crippen LogP contribution in [0.2, 0.25) is 0 Å². The third-order valence-electron chi connectivity index (χ3n) is 2.62. The summed E-state index contributed by atoms with van der Waals surface area (Å²) in [5, 5.41) is 0. The fraction of sp³-hybridized carbons (Fsp3) is 0.538. The zero-order valence-electron chi connectivity index (χ0n) is 10.2. The monoisotopic (exact) mass is 224 g/mol. The highest BCUT2D eigenvalue weighted by Gasteiger charge is 2.08. The van der Waals surface area contributed by atoms with Crippen LogP contribution in [0, 0.1) is 5.82 Å². The lowest BCUT2D eigenvalue weighted by atomic mass is 10.1. The molecule has 0 radical (unpaired) electrons. The molecule has 1 aromatic carbocycles. The smallest absolute Gasteiger partial charge is 0.146 e. The number of rotatable bonds is 6. The lowest BCUT2D eigenvalue weighted by Gasteiger charge is -2.21. The van der Waals surface area contributed by atoms with E-state index in [9.17, 15) is 4.39 Å². The first-order chi connectivity index (χ1) is 7.69. The zero-order valence-corrected chi connectivity index (χ0v) is 10.2. The average molecular weight is 224 g/mol. The van der Waals surface area contributed by atoms with E-state index in [1.54, 1.807) is 6.07 Å². The minimum Gasteiger partial charge on any atom is -0.396 e. The molecule has 0 unspecified atom stereocenters. The fourth-order valence-corrected chi connectivity index (χ4v) is 1.86. The molecule has 0 amide bonds. The predicted molar refractivity (Wildman–Crippen MR) is 66.7 cm³/mol. The molecule has 0 aliphatic carbocycles. The van der Waals surface area contributed by atoms with Crippen LogP contribution in [0.1, 0.15) is 32.3 Å². The molecule has 2 N–H and O–H groups in total. The van der Waals surface area contributed by atoms with E-state index in [0.717, 1.165) is 38.0 Å². The number of benzene rings is 1. The summed E-state index contributed by atoms with van der Waals surface area (Å²) in [7, 11) is 0. The first-order valence-electron chi connectivity index (χ1n) is 5.94. The molecule has 1 rings (SSSR count). The van der Waals surface area contributed by atoms with Crippen molar-refractivity contribution in [2.24, 2.45) is 0 Å². The molecule has 0 bridgehead atoms. The van der Waals surface area contributed by atoms with E-state index in [1.807, 2.05) is 6.07 Å². The van der Waals surface area contributed by atoms with Crippen molar-refractivity contribution < 1.29 is 4.39 Å². The van der Waals surface area contributed by atoms with Crippen LogP contribution in [0.25, 0.3) is 0 Å². The molecule has 0 saturated carbocycles. The molecule has 16 heavy (non-hydrogen) atoms. The van der Waals surface area contributed by atoms with Crippen LogP contribution in [0.5, 0.6) is 0 Å². The van der Waals surface area contributed by atoms with Crippen LogP contribution in [-0.4, -0.2) is 18.0 Å². The molecule has 0 fully saturated rings. The predicted octanol–water partition coefficient (Wildman–Crippen LogP) is 3.03. The second-order valence-electron chi connectivity index (χ2n) is 4.09. The van der Waals surface area contributed by atoms with Gasteiger partial charge in [0.25, 0.3) is 0 Å². The van der Waals surface area contributed by atoms with Gasteiger partial charge < -0.3 is 5.73 Å². The SMILES string of the molecule is CCCN(CCC)Cc1cccc(F)c1N. The van der Waals surface area contributed by atoms with E-state index in [-0.39, 0.29) is 5.82 Å². The van der Waals surface area contributed by atoms with Crippen LogP contribution in [0.4, 0.5) is 10.1 Å². The number of hydrogen-bond acceptors (Lipinski definition) is 2. The van der Waals surface area contributed by atoms with Gasteiger partial charge in [-0.3, -0.25) is 4.90 Å². The van der Waals surface area contributed by atoms with E-state index in [4.69, 9.17) is 5.73 Å². The normalized spacial score (nSPS) is 11.0. The highest BCUT2D eigenvalue weighted by Crippen LogP contribution is 2.17. The van der Waals surface area contributed by atoms with E-state index >= 15 is 0 Å². The first kappa shape index (κ1) is 13.0. The van der Waals surface area contributed by atoms with Gasteiger partial charge in [-0.1, -0.05) is 26.0 Å². The maximum atomic E-state index is 13.3. The summed E-state index contributed by atoms with van der Waals surface area (Å²) in [4.78, 5) is 2.31. The van der Waals surface area contributed by atoms with Gasteiger partial charge in [-0.25, -0.2) is 4.39 Å². The molecular formula is C13H21FN2. The summed E-state index contributed by atoms with van der Waals surface area (Å²) in [5.74, 6) is -0.314. The van der Waals surface area contributed by atoms with E-state index in [0.29, 0.717) is 5.69 Å². The van der Waals surface area contributed by atoms with Gasteiger partial charge in [0.1, 0.15) is 5.82 Å². The van der Waals surface area contributed by atoms with Crippen molar-refractivity contribution in [2.45, 2.75) is 33.2 Å². The number of anilines is 1. The van der Waals surface area contributed by atoms with Crippen molar-refractivity contribution >= 4 is 5.69 Å². The van der Waals surface area contributed by atoms with Crippen molar-refractivity contribution in [3.8, 4) is 0 Å². The van der Waals surface area contributed by atoms with Crippen molar-refractivity contribution in [3.63, 3.8) is 0 Å².